The predicted octanol–water partition coefficient (Wildman–Crippen LogP) is 4.80. The van der Waals surface area contributed by atoms with Gasteiger partial charge in [0.2, 0.25) is 0 Å². The van der Waals surface area contributed by atoms with Gasteiger partial charge in [0.15, 0.2) is 0 Å². The maximum atomic E-state index is 5.97. The maximum absolute atomic E-state index is 5.97. The van der Waals surface area contributed by atoms with Crippen LogP contribution in [-0.4, -0.2) is 12.4 Å². The van der Waals surface area contributed by atoms with E-state index in [9.17, 15) is 0 Å². The highest BCUT2D eigenvalue weighted by atomic mass is 32.1. The third-order valence-corrected chi connectivity index (χ3v) is 3.13. The largest absolute Gasteiger partial charge is 0.489 e. The van der Waals surface area contributed by atoms with Crippen molar-refractivity contribution in [1.29, 1.82) is 0 Å². The van der Waals surface area contributed by atoms with E-state index in [4.69, 9.17) is 4.74 Å². The van der Waals surface area contributed by atoms with E-state index in [1.807, 2.05) is 12.2 Å². The van der Waals surface area contributed by atoms with Crippen molar-refractivity contribution in [2.24, 2.45) is 0 Å². The smallest absolute Gasteiger partial charge is 0.126 e. The van der Waals surface area contributed by atoms with Crippen molar-refractivity contribution in [3.05, 3.63) is 41.5 Å². The Hall–Kier alpha value is -0.890. The van der Waals surface area contributed by atoms with Gasteiger partial charge in [0.25, 0.3) is 0 Å². The zero-order valence-corrected chi connectivity index (χ0v) is 12.7. The molecule has 1 rings (SSSR count). The van der Waals surface area contributed by atoms with E-state index in [1.54, 1.807) is 0 Å². The first-order valence-corrected chi connectivity index (χ1v) is 7.22. The minimum Gasteiger partial charge on any atom is -0.489 e. The predicted molar refractivity (Wildman–Crippen MR) is 83.1 cm³/mol. The van der Waals surface area contributed by atoms with Crippen molar-refractivity contribution in [3.8, 4) is 5.75 Å². The molecule has 0 heterocycles. The van der Waals surface area contributed by atoms with Crippen molar-refractivity contribution < 1.29 is 4.74 Å². The minimum atomic E-state index is 0.479. The van der Waals surface area contributed by atoms with E-state index in [0.29, 0.717) is 18.4 Å². The summed E-state index contributed by atoms with van der Waals surface area (Å²) in [6.45, 7) is 9.43. The minimum absolute atomic E-state index is 0.479. The molecule has 1 nitrogen and oxygen atoms in total. The fourth-order valence-electron chi connectivity index (χ4n) is 1.92. The van der Waals surface area contributed by atoms with Crippen molar-refractivity contribution in [1.82, 2.24) is 0 Å². The molecule has 0 aliphatic carbocycles. The molecule has 0 saturated carbocycles. The summed E-state index contributed by atoms with van der Waals surface area (Å²) in [4.78, 5) is 0. The lowest BCUT2D eigenvalue weighted by atomic mass is 9.94. The molecule has 0 radical (unpaired) electrons. The Bertz CT molecular complexity index is 368. The van der Waals surface area contributed by atoms with Gasteiger partial charge in [-0.05, 0) is 23.0 Å². The van der Waals surface area contributed by atoms with E-state index in [1.165, 1.54) is 11.1 Å². The molecular formula is C16H24OS. The molecule has 0 amide bonds. The van der Waals surface area contributed by atoms with Gasteiger partial charge in [-0.15, -0.1) is 0 Å². The van der Waals surface area contributed by atoms with Crippen LogP contribution in [0, 0.1) is 0 Å². The zero-order valence-electron chi connectivity index (χ0n) is 11.8. The Morgan fingerprint density at radius 3 is 2.06 bits per heavy atom. The van der Waals surface area contributed by atoms with Crippen LogP contribution in [0.3, 0.4) is 0 Å². The number of benzene rings is 1. The van der Waals surface area contributed by atoms with Crippen molar-refractivity contribution in [2.45, 2.75) is 39.5 Å². The van der Waals surface area contributed by atoms with E-state index in [0.717, 1.165) is 11.5 Å². The summed E-state index contributed by atoms with van der Waals surface area (Å²) in [6.07, 6.45) is 4.03. The maximum Gasteiger partial charge on any atom is 0.126 e. The zero-order chi connectivity index (χ0) is 13.5. The summed E-state index contributed by atoms with van der Waals surface area (Å²) in [5.41, 5.74) is 2.58. The van der Waals surface area contributed by atoms with Gasteiger partial charge in [-0.3, -0.25) is 0 Å². The monoisotopic (exact) mass is 264 g/mol. The third kappa shape index (κ3) is 4.09. The normalized spacial score (nSPS) is 11.7. The Balaban J connectivity index is 2.99. The van der Waals surface area contributed by atoms with Gasteiger partial charge in [0.05, 0.1) is 0 Å². The Morgan fingerprint density at radius 1 is 1.06 bits per heavy atom. The molecule has 0 fully saturated rings. The average Bonchev–Trinajstić information content (AvgIpc) is 2.34. The first-order valence-electron chi connectivity index (χ1n) is 6.59. The topological polar surface area (TPSA) is 9.23 Å². The highest BCUT2D eigenvalue weighted by Crippen LogP contribution is 2.34. The highest BCUT2D eigenvalue weighted by Gasteiger charge is 2.14. The van der Waals surface area contributed by atoms with Gasteiger partial charge >= 0.3 is 0 Å². The molecule has 0 aliphatic heterocycles. The summed E-state index contributed by atoms with van der Waals surface area (Å²) in [5, 5.41) is 0. The molecule has 1 aromatic rings. The van der Waals surface area contributed by atoms with Crippen LogP contribution < -0.4 is 4.74 Å². The van der Waals surface area contributed by atoms with Crippen molar-refractivity contribution in [3.63, 3.8) is 0 Å². The molecule has 0 aromatic heterocycles. The number of para-hydroxylation sites is 1. The van der Waals surface area contributed by atoms with Gasteiger partial charge in [-0.2, -0.15) is 12.6 Å². The number of ether oxygens (including phenoxy) is 1. The lowest BCUT2D eigenvalue weighted by molar-refractivity contribution is 0.351. The van der Waals surface area contributed by atoms with Crippen LogP contribution >= 0.6 is 12.6 Å². The van der Waals surface area contributed by atoms with E-state index >= 15 is 0 Å². The standard InChI is InChI=1S/C16H24OS/c1-12(2)14-8-7-9-15(13(3)4)16(14)17-10-5-6-11-18/h5-9,12-13,18H,10-11H2,1-4H3. The van der Waals surface area contributed by atoms with Crippen LogP contribution in [0.15, 0.2) is 30.4 Å². The van der Waals surface area contributed by atoms with Gasteiger partial charge in [0.1, 0.15) is 12.4 Å². The van der Waals surface area contributed by atoms with E-state index < -0.39 is 0 Å². The summed E-state index contributed by atoms with van der Waals surface area (Å²) >= 11 is 4.14. The number of hydrogen-bond acceptors (Lipinski definition) is 2. The molecule has 1 aromatic carbocycles. The summed E-state index contributed by atoms with van der Waals surface area (Å²) in [5.74, 6) is 2.78. The number of thiol groups is 1. The first-order chi connectivity index (χ1) is 8.57. The fraction of sp³-hybridized carbons (Fsp3) is 0.500. The quantitative estimate of drug-likeness (QED) is 0.573. The van der Waals surface area contributed by atoms with Crippen LogP contribution in [0.2, 0.25) is 0 Å². The molecule has 0 N–H and O–H groups in total. The Labute approximate surface area is 117 Å². The second-order valence-electron chi connectivity index (χ2n) is 5.04. The van der Waals surface area contributed by atoms with Crippen LogP contribution in [-0.2, 0) is 0 Å². The van der Waals surface area contributed by atoms with Crippen LogP contribution in [0.25, 0.3) is 0 Å². The lowest BCUT2D eigenvalue weighted by Crippen LogP contribution is -2.04. The lowest BCUT2D eigenvalue weighted by Gasteiger charge is -2.19. The number of hydrogen-bond donors (Lipinski definition) is 1. The van der Waals surface area contributed by atoms with Crippen molar-refractivity contribution in [2.75, 3.05) is 12.4 Å². The van der Waals surface area contributed by atoms with Crippen LogP contribution in [0.5, 0.6) is 5.75 Å². The summed E-state index contributed by atoms with van der Waals surface area (Å²) in [7, 11) is 0. The molecule has 0 spiro atoms. The second kappa shape index (κ2) is 7.52. The molecule has 2 heteroatoms. The summed E-state index contributed by atoms with van der Waals surface area (Å²) < 4.78 is 5.97. The van der Waals surface area contributed by atoms with Gasteiger partial charge < -0.3 is 4.74 Å². The van der Waals surface area contributed by atoms with Crippen LogP contribution in [0.1, 0.15) is 50.7 Å². The van der Waals surface area contributed by atoms with E-state index in [-0.39, 0.29) is 0 Å². The fourth-order valence-corrected chi connectivity index (χ4v) is 2.07. The van der Waals surface area contributed by atoms with Gasteiger partial charge in [-0.1, -0.05) is 58.0 Å². The van der Waals surface area contributed by atoms with Crippen LogP contribution in [0.4, 0.5) is 0 Å². The molecule has 100 valence electrons. The average molecular weight is 264 g/mol. The molecular weight excluding hydrogens is 240 g/mol. The third-order valence-electron chi connectivity index (χ3n) is 2.92. The number of rotatable bonds is 6. The second-order valence-corrected chi connectivity index (χ2v) is 5.41. The molecule has 0 bridgehead atoms. The highest BCUT2D eigenvalue weighted by molar-refractivity contribution is 7.80. The SMILES string of the molecule is CC(C)c1cccc(C(C)C)c1OCC=CCS. The van der Waals surface area contributed by atoms with E-state index in [2.05, 4.69) is 58.5 Å². The van der Waals surface area contributed by atoms with Crippen molar-refractivity contribution >= 4 is 12.6 Å². The van der Waals surface area contributed by atoms with Gasteiger partial charge in [-0.25, -0.2) is 0 Å². The first kappa shape index (κ1) is 15.2. The molecule has 0 unspecified atom stereocenters. The molecule has 0 saturated heterocycles. The Morgan fingerprint density at radius 2 is 1.61 bits per heavy atom. The molecule has 0 aliphatic rings. The Kier molecular flexibility index (Phi) is 6.34. The summed E-state index contributed by atoms with van der Waals surface area (Å²) in [6, 6.07) is 6.45. The molecule has 0 atom stereocenters. The molecule has 18 heavy (non-hydrogen) atoms. The van der Waals surface area contributed by atoms with Gasteiger partial charge in [0, 0.05) is 5.75 Å².